The molecule has 308 valence electrons. The van der Waals surface area contributed by atoms with Crippen LogP contribution in [0.1, 0.15) is 226 Å². The van der Waals surface area contributed by atoms with Crippen LogP contribution in [0.3, 0.4) is 0 Å². The van der Waals surface area contributed by atoms with E-state index in [1.165, 1.54) is 116 Å². The third kappa shape index (κ3) is 40.6. The number of unbranched alkanes of at least 4 members (excludes halogenated alkanes) is 23. The molecule has 0 radical (unpaired) electrons. The third-order valence-electron chi connectivity index (χ3n) is 9.66. The maximum absolute atomic E-state index is 12.7. The molecule has 0 aliphatic rings. The fourth-order valence-corrected chi connectivity index (χ4v) is 6.29. The van der Waals surface area contributed by atoms with Crippen LogP contribution in [0.5, 0.6) is 0 Å². The summed E-state index contributed by atoms with van der Waals surface area (Å²) in [6.45, 7) is 6.46. The highest BCUT2D eigenvalue weighted by atomic mass is 16.6. The van der Waals surface area contributed by atoms with Crippen molar-refractivity contribution >= 4 is 17.9 Å². The Morgan fingerprint density at radius 1 is 0.396 bits per heavy atom. The van der Waals surface area contributed by atoms with E-state index in [-0.39, 0.29) is 31.1 Å². The summed E-state index contributed by atoms with van der Waals surface area (Å²) >= 11 is 0. The molecule has 0 aromatic rings. The molecule has 0 fully saturated rings. The van der Waals surface area contributed by atoms with Crippen LogP contribution in [-0.2, 0) is 28.6 Å². The lowest BCUT2D eigenvalue weighted by molar-refractivity contribution is -0.167. The van der Waals surface area contributed by atoms with Crippen LogP contribution in [0, 0.1) is 0 Å². The average Bonchev–Trinajstić information content (AvgIpc) is 3.15. The van der Waals surface area contributed by atoms with Gasteiger partial charge in [-0.3, -0.25) is 14.4 Å². The van der Waals surface area contributed by atoms with Gasteiger partial charge in [0.25, 0.3) is 0 Å². The number of hydrogen-bond acceptors (Lipinski definition) is 6. The second-order valence-corrected chi connectivity index (χ2v) is 14.9. The first-order valence-corrected chi connectivity index (χ1v) is 22.5. The fraction of sp³-hybridized carbons (Fsp3) is 0.809. The number of carbonyl (C=O) groups excluding carboxylic acids is 3. The van der Waals surface area contributed by atoms with E-state index < -0.39 is 6.10 Å². The number of allylic oxidation sites excluding steroid dienone is 6. The van der Waals surface area contributed by atoms with Gasteiger partial charge in [0.15, 0.2) is 6.10 Å². The SMILES string of the molecule is CC/C=C\C/C=C\C/C=C\CCCC(=O)OCC(COC(=O)CCCCCCCCCCCCCC)OC(=O)CCCCCCCCCCCCCC. The van der Waals surface area contributed by atoms with Crippen molar-refractivity contribution in [2.45, 2.75) is 232 Å². The number of carbonyl (C=O) groups is 3. The Labute approximate surface area is 327 Å². The number of ether oxygens (including phenoxy) is 3. The first kappa shape index (κ1) is 50.6. The highest BCUT2D eigenvalue weighted by molar-refractivity contribution is 5.71. The van der Waals surface area contributed by atoms with Gasteiger partial charge in [-0.25, -0.2) is 0 Å². The van der Waals surface area contributed by atoms with Crippen LogP contribution >= 0.6 is 0 Å². The van der Waals surface area contributed by atoms with Gasteiger partial charge in [0, 0.05) is 19.3 Å². The van der Waals surface area contributed by atoms with Crippen molar-refractivity contribution in [2.75, 3.05) is 13.2 Å². The van der Waals surface area contributed by atoms with Crippen molar-refractivity contribution in [1.29, 1.82) is 0 Å². The molecule has 6 nitrogen and oxygen atoms in total. The van der Waals surface area contributed by atoms with Crippen LogP contribution in [0.2, 0.25) is 0 Å². The van der Waals surface area contributed by atoms with Crippen LogP contribution in [0.25, 0.3) is 0 Å². The second kappa shape index (κ2) is 42.4. The molecule has 0 saturated carbocycles. The van der Waals surface area contributed by atoms with Gasteiger partial charge in [0.1, 0.15) is 13.2 Å². The number of rotatable bonds is 40. The molecule has 0 rings (SSSR count). The van der Waals surface area contributed by atoms with Gasteiger partial charge in [-0.15, -0.1) is 0 Å². The van der Waals surface area contributed by atoms with Gasteiger partial charge in [-0.1, -0.05) is 198 Å². The van der Waals surface area contributed by atoms with Crippen LogP contribution in [-0.4, -0.2) is 37.2 Å². The minimum absolute atomic E-state index is 0.0843. The van der Waals surface area contributed by atoms with E-state index >= 15 is 0 Å². The van der Waals surface area contributed by atoms with Crippen molar-refractivity contribution < 1.29 is 28.6 Å². The summed E-state index contributed by atoms with van der Waals surface area (Å²) in [5.74, 6) is -0.939. The van der Waals surface area contributed by atoms with Crippen molar-refractivity contribution in [3.8, 4) is 0 Å². The molecule has 0 bridgehead atoms. The van der Waals surface area contributed by atoms with Gasteiger partial charge in [-0.05, 0) is 44.9 Å². The zero-order valence-corrected chi connectivity index (χ0v) is 35.0. The lowest BCUT2D eigenvalue weighted by atomic mass is 10.0. The van der Waals surface area contributed by atoms with E-state index in [2.05, 4.69) is 57.2 Å². The predicted molar refractivity (Wildman–Crippen MR) is 224 cm³/mol. The van der Waals surface area contributed by atoms with Gasteiger partial charge >= 0.3 is 17.9 Å². The molecule has 1 atom stereocenters. The quantitative estimate of drug-likeness (QED) is 0.0269. The molecule has 0 amide bonds. The van der Waals surface area contributed by atoms with Crippen molar-refractivity contribution in [2.24, 2.45) is 0 Å². The van der Waals surface area contributed by atoms with Gasteiger partial charge in [0.2, 0.25) is 0 Å². The minimum atomic E-state index is -0.784. The van der Waals surface area contributed by atoms with E-state index in [0.717, 1.165) is 64.2 Å². The Morgan fingerprint density at radius 3 is 1.15 bits per heavy atom. The highest BCUT2D eigenvalue weighted by Crippen LogP contribution is 2.15. The smallest absolute Gasteiger partial charge is 0.306 e. The topological polar surface area (TPSA) is 78.9 Å². The molecule has 0 aromatic carbocycles. The zero-order valence-electron chi connectivity index (χ0n) is 35.0. The summed E-state index contributed by atoms with van der Waals surface area (Å²) in [5.41, 5.74) is 0. The largest absolute Gasteiger partial charge is 0.462 e. The molecule has 0 spiro atoms. The van der Waals surface area contributed by atoms with E-state index in [1.54, 1.807) is 0 Å². The molecule has 1 unspecified atom stereocenters. The predicted octanol–water partition coefficient (Wildman–Crippen LogP) is 14.2. The van der Waals surface area contributed by atoms with E-state index in [9.17, 15) is 14.4 Å². The molecule has 0 aromatic heterocycles. The zero-order chi connectivity index (χ0) is 38.7. The summed E-state index contributed by atoms with van der Waals surface area (Å²) in [6, 6.07) is 0. The second-order valence-electron chi connectivity index (χ2n) is 14.9. The van der Waals surface area contributed by atoms with Crippen LogP contribution < -0.4 is 0 Å². The van der Waals surface area contributed by atoms with Gasteiger partial charge in [-0.2, -0.15) is 0 Å². The van der Waals surface area contributed by atoms with Crippen molar-refractivity contribution in [3.63, 3.8) is 0 Å². The summed E-state index contributed by atoms with van der Waals surface area (Å²) in [7, 11) is 0. The van der Waals surface area contributed by atoms with Crippen LogP contribution in [0.15, 0.2) is 36.5 Å². The molecule has 0 aliphatic carbocycles. The Bertz CT molecular complexity index is 907. The molecule has 0 saturated heterocycles. The van der Waals surface area contributed by atoms with Crippen LogP contribution in [0.4, 0.5) is 0 Å². The molecule has 6 heteroatoms. The first-order chi connectivity index (χ1) is 26.0. The normalized spacial score (nSPS) is 12.3. The first-order valence-electron chi connectivity index (χ1n) is 22.5. The lowest BCUT2D eigenvalue weighted by Gasteiger charge is -2.18. The molecular weight excluding hydrogens is 661 g/mol. The maximum atomic E-state index is 12.7. The maximum Gasteiger partial charge on any atom is 0.306 e. The molecule has 0 N–H and O–H groups in total. The lowest BCUT2D eigenvalue weighted by Crippen LogP contribution is -2.30. The standard InChI is InChI=1S/C47H84O6/c1-4-7-10-13-16-19-22-25-28-31-34-37-40-46(49)52-43-44(42-51-45(48)39-36-33-30-27-24-21-18-15-12-9-6-3)53-47(50)41-38-35-32-29-26-23-20-17-14-11-8-5-2/h9,12,18,21,27,30,44H,4-8,10-11,13-17,19-20,22-26,28-29,31-43H2,1-3H3/b12-9-,21-18-,30-27-. The van der Waals surface area contributed by atoms with Gasteiger partial charge in [0.05, 0.1) is 0 Å². The van der Waals surface area contributed by atoms with Crippen molar-refractivity contribution in [3.05, 3.63) is 36.5 Å². The summed E-state index contributed by atoms with van der Waals surface area (Å²) in [4.78, 5) is 37.6. The summed E-state index contributed by atoms with van der Waals surface area (Å²) < 4.78 is 16.6. The summed E-state index contributed by atoms with van der Waals surface area (Å²) in [5, 5.41) is 0. The number of hydrogen-bond donors (Lipinski definition) is 0. The highest BCUT2D eigenvalue weighted by Gasteiger charge is 2.19. The Kier molecular flexibility index (Phi) is 40.5. The minimum Gasteiger partial charge on any atom is -0.462 e. The monoisotopic (exact) mass is 745 g/mol. The van der Waals surface area contributed by atoms with E-state index in [0.29, 0.717) is 25.7 Å². The Hall–Kier alpha value is -2.37. The van der Waals surface area contributed by atoms with E-state index in [4.69, 9.17) is 14.2 Å². The fourth-order valence-electron chi connectivity index (χ4n) is 6.29. The van der Waals surface area contributed by atoms with E-state index in [1.807, 2.05) is 0 Å². The van der Waals surface area contributed by atoms with Crippen molar-refractivity contribution in [1.82, 2.24) is 0 Å². The Balaban J connectivity index is 4.41. The molecule has 0 aliphatic heterocycles. The molecule has 0 heterocycles. The average molecular weight is 745 g/mol. The molecular formula is C47H84O6. The molecule has 53 heavy (non-hydrogen) atoms. The number of esters is 3. The van der Waals surface area contributed by atoms with Gasteiger partial charge < -0.3 is 14.2 Å². The Morgan fingerprint density at radius 2 is 0.736 bits per heavy atom. The summed E-state index contributed by atoms with van der Waals surface area (Å²) in [6.07, 6.45) is 47.0. The third-order valence-corrected chi connectivity index (χ3v) is 9.66.